The van der Waals surface area contributed by atoms with Gasteiger partial charge in [-0.15, -0.1) is 0 Å². The highest BCUT2D eigenvalue weighted by atomic mass is 35.5. The summed E-state index contributed by atoms with van der Waals surface area (Å²) < 4.78 is 20.8. The third-order valence-electron chi connectivity index (χ3n) is 3.85. The van der Waals surface area contributed by atoms with E-state index in [1.54, 1.807) is 12.1 Å². The molecule has 0 fully saturated rings. The van der Waals surface area contributed by atoms with Gasteiger partial charge in [-0.3, -0.25) is 4.57 Å². The molecule has 3 N–H and O–H groups in total. The molecule has 0 saturated carbocycles. The number of hydrogen-bond donors (Lipinski definition) is 2. The molecule has 118 valence electrons. The molecule has 0 spiro atoms. The fraction of sp³-hybridized carbons (Fsp3) is 0.214. The Morgan fingerprint density at radius 1 is 1.43 bits per heavy atom. The molecule has 2 aromatic heterocycles. The zero-order valence-electron chi connectivity index (χ0n) is 11.7. The van der Waals surface area contributed by atoms with E-state index in [1.807, 2.05) is 0 Å². The molecule has 1 aliphatic rings. The van der Waals surface area contributed by atoms with E-state index in [-0.39, 0.29) is 29.1 Å². The maximum Gasteiger partial charge on any atom is 0.328 e. The van der Waals surface area contributed by atoms with Gasteiger partial charge < -0.3 is 15.5 Å². The number of aromatic amines is 1. The van der Waals surface area contributed by atoms with Gasteiger partial charge in [0.2, 0.25) is 5.95 Å². The van der Waals surface area contributed by atoms with E-state index in [1.165, 1.54) is 10.6 Å². The van der Waals surface area contributed by atoms with Crippen molar-refractivity contribution in [3.63, 3.8) is 0 Å². The van der Waals surface area contributed by atoms with Crippen LogP contribution in [-0.4, -0.2) is 26.1 Å². The van der Waals surface area contributed by atoms with Crippen molar-refractivity contribution in [2.45, 2.75) is 12.5 Å². The molecule has 0 radical (unpaired) electrons. The lowest BCUT2D eigenvalue weighted by atomic mass is 10.00. The normalized spacial score (nSPS) is 17.0. The number of halogens is 2. The Morgan fingerprint density at radius 3 is 3.09 bits per heavy atom. The van der Waals surface area contributed by atoms with Crippen LogP contribution < -0.4 is 16.2 Å². The van der Waals surface area contributed by atoms with Gasteiger partial charge in [0.1, 0.15) is 5.52 Å². The molecular weight excluding hydrogens is 325 g/mol. The Labute approximate surface area is 133 Å². The van der Waals surface area contributed by atoms with Crippen molar-refractivity contribution < 1.29 is 9.13 Å². The summed E-state index contributed by atoms with van der Waals surface area (Å²) in [5, 5.41) is 0.0647. The number of nitrogens with zero attached hydrogens (tertiary/aromatic N) is 3. The van der Waals surface area contributed by atoms with E-state index in [0.29, 0.717) is 17.5 Å². The largest absolute Gasteiger partial charge is 0.490 e. The Hall–Kier alpha value is -2.61. The van der Waals surface area contributed by atoms with Gasteiger partial charge in [-0.05, 0) is 6.07 Å². The SMILES string of the molecule is Nc1nc(Cl)c2[nH]c(=O)n([C@@H]3CCOc4c(F)cccc43)c2n1. The minimum absolute atomic E-state index is 0.0400. The molecular formula is C14H11ClFN5O2. The summed E-state index contributed by atoms with van der Waals surface area (Å²) in [5.74, 6) is -0.354. The number of benzene rings is 1. The van der Waals surface area contributed by atoms with Gasteiger partial charge in [0.05, 0.1) is 12.6 Å². The minimum Gasteiger partial charge on any atom is -0.490 e. The highest BCUT2D eigenvalue weighted by Gasteiger charge is 2.29. The fourth-order valence-corrected chi connectivity index (χ4v) is 3.13. The van der Waals surface area contributed by atoms with Crippen molar-refractivity contribution in [1.82, 2.24) is 19.5 Å². The molecule has 1 atom stereocenters. The summed E-state index contributed by atoms with van der Waals surface area (Å²) >= 11 is 6.01. The van der Waals surface area contributed by atoms with Crippen LogP contribution in [0.2, 0.25) is 5.15 Å². The number of rotatable bonds is 1. The van der Waals surface area contributed by atoms with Crippen LogP contribution in [0.15, 0.2) is 23.0 Å². The smallest absolute Gasteiger partial charge is 0.328 e. The summed E-state index contributed by atoms with van der Waals surface area (Å²) in [7, 11) is 0. The average molecular weight is 336 g/mol. The molecule has 0 saturated heterocycles. The standard InChI is InChI=1S/C14H11ClFN5O2/c15-11-9-12(20-13(17)19-11)21(14(22)18-9)8-4-5-23-10-6(8)2-1-3-7(10)16/h1-3,8H,4-5H2,(H,18,22)(H2,17,19,20)/t8-/m1/s1. The van der Waals surface area contributed by atoms with Crippen LogP contribution in [0.4, 0.5) is 10.3 Å². The Bertz CT molecular complexity index is 983. The zero-order valence-corrected chi connectivity index (χ0v) is 12.5. The number of H-pyrrole nitrogens is 1. The lowest BCUT2D eigenvalue weighted by molar-refractivity contribution is 0.244. The monoisotopic (exact) mass is 335 g/mol. The van der Waals surface area contributed by atoms with E-state index < -0.39 is 17.5 Å². The third kappa shape index (κ3) is 2.06. The lowest BCUT2D eigenvalue weighted by Gasteiger charge is -2.26. The fourth-order valence-electron chi connectivity index (χ4n) is 2.91. The molecule has 9 heteroatoms. The molecule has 1 aliphatic heterocycles. The van der Waals surface area contributed by atoms with Crippen molar-refractivity contribution in [2.75, 3.05) is 12.3 Å². The van der Waals surface area contributed by atoms with Crippen LogP contribution in [0.25, 0.3) is 11.2 Å². The highest BCUT2D eigenvalue weighted by molar-refractivity contribution is 6.33. The molecule has 0 unspecified atom stereocenters. The molecule has 0 aliphatic carbocycles. The second kappa shape index (κ2) is 4.95. The van der Waals surface area contributed by atoms with Crippen LogP contribution >= 0.6 is 11.6 Å². The van der Waals surface area contributed by atoms with Crippen LogP contribution in [0.3, 0.4) is 0 Å². The van der Waals surface area contributed by atoms with Gasteiger partial charge in [-0.2, -0.15) is 9.97 Å². The second-order valence-electron chi connectivity index (χ2n) is 5.18. The second-order valence-corrected chi connectivity index (χ2v) is 5.54. The number of para-hydroxylation sites is 1. The number of fused-ring (bicyclic) bond motifs is 2. The summed E-state index contributed by atoms with van der Waals surface area (Å²) in [6.07, 6.45) is 0.491. The first-order valence-electron chi connectivity index (χ1n) is 6.90. The van der Waals surface area contributed by atoms with E-state index in [2.05, 4.69) is 15.0 Å². The van der Waals surface area contributed by atoms with Gasteiger partial charge in [-0.25, -0.2) is 9.18 Å². The zero-order chi connectivity index (χ0) is 16.1. The Balaban J connectivity index is 2.00. The van der Waals surface area contributed by atoms with E-state index in [9.17, 15) is 9.18 Å². The number of nitrogens with two attached hydrogens (primary N) is 1. The molecule has 23 heavy (non-hydrogen) atoms. The van der Waals surface area contributed by atoms with Crippen molar-refractivity contribution >= 4 is 28.7 Å². The number of imidazole rings is 1. The third-order valence-corrected chi connectivity index (χ3v) is 4.12. The van der Waals surface area contributed by atoms with Crippen molar-refractivity contribution in [3.05, 3.63) is 45.2 Å². The topological polar surface area (TPSA) is 98.8 Å². The predicted molar refractivity (Wildman–Crippen MR) is 82.2 cm³/mol. The van der Waals surface area contributed by atoms with Crippen LogP contribution in [0.5, 0.6) is 5.75 Å². The number of nitrogen functional groups attached to an aromatic ring is 1. The van der Waals surface area contributed by atoms with Gasteiger partial charge in [0.25, 0.3) is 0 Å². The number of ether oxygens (including phenoxy) is 1. The van der Waals surface area contributed by atoms with Crippen LogP contribution in [-0.2, 0) is 0 Å². The van der Waals surface area contributed by atoms with Gasteiger partial charge >= 0.3 is 5.69 Å². The first kappa shape index (κ1) is 14.0. The average Bonchev–Trinajstić information content (AvgIpc) is 2.84. The highest BCUT2D eigenvalue weighted by Crippen LogP contribution is 2.37. The molecule has 1 aromatic carbocycles. The molecule has 0 bridgehead atoms. The summed E-state index contributed by atoms with van der Waals surface area (Å²) in [4.78, 5) is 23.0. The number of hydrogen-bond acceptors (Lipinski definition) is 5. The summed E-state index contributed by atoms with van der Waals surface area (Å²) in [6, 6.07) is 4.18. The van der Waals surface area contributed by atoms with Crippen molar-refractivity contribution in [3.8, 4) is 5.75 Å². The van der Waals surface area contributed by atoms with E-state index in [4.69, 9.17) is 22.1 Å². The number of nitrogens with one attached hydrogen (secondary N) is 1. The Morgan fingerprint density at radius 2 is 2.26 bits per heavy atom. The quantitative estimate of drug-likeness (QED) is 0.661. The van der Waals surface area contributed by atoms with E-state index in [0.717, 1.165) is 0 Å². The summed E-state index contributed by atoms with van der Waals surface area (Å²) in [5.41, 5.74) is 6.38. The number of anilines is 1. The molecule has 3 heterocycles. The Kier molecular flexibility index (Phi) is 3.02. The molecule has 0 amide bonds. The molecule has 3 aromatic rings. The maximum absolute atomic E-state index is 13.9. The minimum atomic E-state index is -0.465. The predicted octanol–water partition coefficient (Wildman–Crippen LogP) is 1.87. The van der Waals surface area contributed by atoms with Crippen molar-refractivity contribution in [2.24, 2.45) is 0 Å². The first-order chi connectivity index (χ1) is 11.1. The van der Waals surface area contributed by atoms with Crippen LogP contribution in [0.1, 0.15) is 18.0 Å². The maximum atomic E-state index is 13.9. The van der Waals surface area contributed by atoms with E-state index >= 15 is 0 Å². The van der Waals surface area contributed by atoms with Crippen molar-refractivity contribution in [1.29, 1.82) is 0 Å². The van der Waals surface area contributed by atoms with Gasteiger partial charge in [0.15, 0.2) is 22.4 Å². The lowest BCUT2D eigenvalue weighted by Crippen LogP contribution is -2.28. The van der Waals surface area contributed by atoms with Crippen LogP contribution in [0, 0.1) is 5.82 Å². The van der Waals surface area contributed by atoms with Gasteiger partial charge in [-0.1, -0.05) is 23.7 Å². The molecule has 7 nitrogen and oxygen atoms in total. The summed E-state index contributed by atoms with van der Waals surface area (Å²) in [6.45, 7) is 0.284. The van der Waals surface area contributed by atoms with Gasteiger partial charge in [0, 0.05) is 12.0 Å². The number of aromatic nitrogens is 4. The molecule has 4 rings (SSSR count). The first-order valence-corrected chi connectivity index (χ1v) is 7.28.